The molecule has 0 aliphatic heterocycles. The molecule has 2 heteroatoms. The predicted octanol–water partition coefficient (Wildman–Crippen LogP) is 2.74. The third kappa shape index (κ3) is 1.94. The summed E-state index contributed by atoms with van der Waals surface area (Å²) in [4.78, 5) is 2.30. The van der Waals surface area contributed by atoms with Gasteiger partial charge in [-0.1, -0.05) is 20.8 Å². The number of rotatable bonds is 4. The van der Waals surface area contributed by atoms with Crippen LogP contribution in [0.3, 0.4) is 0 Å². The molecule has 0 aromatic rings. The van der Waals surface area contributed by atoms with Crippen LogP contribution in [0.1, 0.15) is 47.0 Å². The Morgan fingerprint density at radius 1 is 1.29 bits per heavy atom. The van der Waals surface area contributed by atoms with E-state index in [9.17, 15) is 0 Å². The lowest BCUT2D eigenvalue weighted by molar-refractivity contribution is 0.117. The highest BCUT2D eigenvalue weighted by molar-refractivity contribution is 5.13. The lowest BCUT2D eigenvalue weighted by Crippen LogP contribution is -2.48. The monoisotopic (exact) mass is 238 g/mol. The van der Waals surface area contributed by atoms with Gasteiger partial charge in [0.1, 0.15) is 0 Å². The van der Waals surface area contributed by atoms with Gasteiger partial charge in [-0.3, -0.25) is 0 Å². The van der Waals surface area contributed by atoms with E-state index in [1.54, 1.807) is 0 Å². The Bertz CT molecular complexity index is 285. The van der Waals surface area contributed by atoms with E-state index in [-0.39, 0.29) is 0 Å². The SMILES string of the molecule is CC(CNC1CC2CCC1(C)C2(C)C)N(C)C. The van der Waals surface area contributed by atoms with Crippen molar-refractivity contribution < 1.29 is 0 Å². The highest BCUT2D eigenvalue weighted by Crippen LogP contribution is 2.65. The Morgan fingerprint density at radius 3 is 2.35 bits per heavy atom. The van der Waals surface area contributed by atoms with Crippen molar-refractivity contribution in [3.05, 3.63) is 0 Å². The van der Waals surface area contributed by atoms with Gasteiger partial charge in [-0.25, -0.2) is 0 Å². The minimum absolute atomic E-state index is 0.518. The van der Waals surface area contributed by atoms with Crippen molar-refractivity contribution in [1.82, 2.24) is 10.2 Å². The zero-order valence-electron chi connectivity index (χ0n) is 12.5. The van der Waals surface area contributed by atoms with E-state index in [0.29, 0.717) is 16.9 Å². The Kier molecular flexibility index (Phi) is 3.33. The quantitative estimate of drug-likeness (QED) is 0.810. The van der Waals surface area contributed by atoms with Crippen LogP contribution in [0.4, 0.5) is 0 Å². The van der Waals surface area contributed by atoms with Crippen molar-refractivity contribution in [1.29, 1.82) is 0 Å². The number of hydrogen-bond acceptors (Lipinski definition) is 2. The summed E-state index contributed by atoms with van der Waals surface area (Å²) in [5.74, 6) is 0.944. The summed E-state index contributed by atoms with van der Waals surface area (Å²) >= 11 is 0. The molecule has 100 valence electrons. The topological polar surface area (TPSA) is 15.3 Å². The van der Waals surface area contributed by atoms with E-state index in [2.05, 4.69) is 52.0 Å². The Hall–Kier alpha value is -0.0800. The van der Waals surface area contributed by atoms with Crippen LogP contribution in [0.5, 0.6) is 0 Å². The van der Waals surface area contributed by atoms with Gasteiger partial charge in [0, 0.05) is 18.6 Å². The van der Waals surface area contributed by atoms with Gasteiger partial charge in [0.25, 0.3) is 0 Å². The molecule has 1 N–H and O–H groups in total. The summed E-state index contributed by atoms with van der Waals surface area (Å²) in [6, 6.07) is 1.36. The molecular formula is C15H30N2. The highest BCUT2D eigenvalue weighted by atomic mass is 15.1. The maximum absolute atomic E-state index is 3.85. The molecule has 17 heavy (non-hydrogen) atoms. The zero-order valence-corrected chi connectivity index (χ0v) is 12.5. The normalized spacial score (nSPS) is 41.1. The maximum atomic E-state index is 3.85. The first kappa shape index (κ1) is 13.4. The van der Waals surface area contributed by atoms with Crippen molar-refractivity contribution in [2.45, 2.75) is 59.0 Å². The number of nitrogens with one attached hydrogen (secondary N) is 1. The van der Waals surface area contributed by atoms with Crippen LogP contribution in [0, 0.1) is 16.7 Å². The van der Waals surface area contributed by atoms with Crippen LogP contribution in [-0.4, -0.2) is 37.6 Å². The van der Waals surface area contributed by atoms with Crippen LogP contribution in [0.2, 0.25) is 0 Å². The molecule has 4 unspecified atom stereocenters. The lowest BCUT2D eigenvalue weighted by atomic mass is 9.69. The van der Waals surface area contributed by atoms with Gasteiger partial charge in [0.2, 0.25) is 0 Å². The van der Waals surface area contributed by atoms with E-state index in [0.717, 1.165) is 18.5 Å². The van der Waals surface area contributed by atoms with Gasteiger partial charge in [0.05, 0.1) is 0 Å². The summed E-state index contributed by atoms with van der Waals surface area (Å²) in [5.41, 5.74) is 1.05. The first-order chi connectivity index (χ1) is 7.79. The molecular weight excluding hydrogens is 208 g/mol. The smallest absolute Gasteiger partial charge is 0.0186 e. The fourth-order valence-electron chi connectivity index (χ4n) is 4.01. The van der Waals surface area contributed by atoms with E-state index in [1.807, 2.05) is 0 Å². The summed E-state index contributed by atoms with van der Waals surface area (Å²) in [6.45, 7) is 10.9. The Labute approximate surface area is 107 Å². The van der Waals surface area contributed by atoms with Crippen LogP contribution in [0.25, 0.3) is 0 Å². The van der Waals surface area contributed by atoms with Crippen molar-refractivity contribution in [2.24, 2.45) is 16.7 Å². The van der Waals surface area contributed by atoms with Gasteiger partial charge in [-0.15, -0.1) is 0 Å². The molecule has 4 atom stereocenters. The minimum Gasteiger partial charge on any atom is -0.312 e. The van der Waals surface area contributed by atoms with Crippen LogP contribution in [0.15, 0.2) is 0 Å². The molecule has 2 bridgehead atoms. The van der Waals surface area contributed by atoms with Gasteiger partial charge >= 0.3 is 0 Å². The average Bonchev–Trinajstić information content (AvgIpc) is 2.57. The zero-order chi connectivity index (χ0) is 12.8. The third-order valence-corrected chi connectivity index (χ3v) is 6.34. The number of fused-ring (bicyclic) bond motifs is 2. The Morgan fingerprint density at radius 2 is 1.94 bits per heavy atom. The van der Waals surface area contributed by atoms with Crippen LogP contribution in [-0.2, 0) is 0 Å². The molecule has 2 rings (SSSR count). The molecule has 2 nitrogen and oxygen atoms in total. The number of nitrogens with zero attached hydrogens (tertiary/aromatic N) is 1. The van der Waals surface area contributed by atoms with E-state index in [4.69, 9.17) is 0 Å². The maximum Gasteiger partial charge on any atom is 0.0186 e. The van der Waals surface area contributed by atoms with Gasteiger partial charge < -0.3 is 10.2 Å². The van der Waals surface area contributed by atoms with Crippen molar-refractivity contribution in [3.8, 4) is 0 Å². The molecule has 0 saturated heterocycles. The second-order valence-electron chi connectivity index (χ2n) is 7.38. The summed E-state index contributed by atoms with van der Waals surface area (Å²) in [7, 11) is 4.33. The standard InChI is InChI=1S/C15H30N2/c1-11(17(5)6)10-16-13-9-12-7-8-15(13,4)14(12,2)3/h11-13,16H,7-10H2,1-6H3. The third-order valence-electron chi connectivity index (χ3n) is 6.34. The summed E-state index contributed by atoms with van der Waals surface area (Å²) in [5, 5.41) is 3.85. The first-order valence-electron chi connectivity index (χ1n) is 7.19. The van der Waals surface area contributed by atoms with Gasteiger partial charge in [-0.05, 0) is 57.0 Å². The largest absolute Gasteiger partial charge is 0.312 e. The second-order valence-corrected chi connectivity index (χ2v) is 7.38. The van der Waals surface area contributed by atoms with Gasteiger partial charge in [0.15, 0.2) is 0 Å². The molecule has 0 heterocycles. The summed E-state index contributed by atoms with van der Waals surface area (Å²) < 4.78 is 0. The molecule has 0 amide bonds. The number of hydrogen-bond donors (Lipinski definition) is 1. The number of likely N-dealkylation sites (N-methyl/N-ethyl adjacent to an activating group) is 1. The molecule has 2 fully saturated rings. The van der Waals surface area contributed by atoms with E-state index < -0.39 is 0 Å². The fourth-order valence-corrected chi connectivity index (χ4v) is 4.01. The molecule has 2 aliphatic rings. The predicted molar refractivity (Wildman–Crippen MR) is 74.2 cm³/mol. The van der Waals surface area contributed by atoms with Crippen molar-refractivity contribution in [2.75, 3.05) is 20.6 Å². The van der Waals surface area contributed by atoms with Crippen LogP contribution < -0.4 is 5.32 Å². The molecule has 0 aromatic heterocycles. The highest BCUT2D eigenvalue weighted by Gasteiger charge is 2.60. The lowest BCUT2D eigenvalue weighted by Gasteiger charge is -2.40. The molecule has 0 radical (unpaired) electrons. The van der Waals surface area contributed by atoms with E-state index >= 15 is 0 Å². The molecule has 0 aromatic carbocycles. The minimum atomic E-state index is 0.518. The van der Waals surface area contributed by atoms with Crippen molar-refractivity contribution >= 4 is 0 Å². The van der Waals surface area contributed by atoms with Gasteiger partial charge in [-0.2, -0.15) is 0 Å². The van der Waals surface area contributed by atoms with E-state index in [1.165, 1.54) is 19.3 Å². The van der Waals surface area contributed by atoms with Crippen LogP contribution >= 0.6 is 0 Å². The second kappa shape index (κ2) is 4.24. The fraction of sp³-hybridized carbons (Fsp3) is 1.00. The average molecular weight is 238 g/mol. The van der Waals surface area contributed by atoms with Crippen molar-refractivity contribution in [3.63, 3.8) is 0 Å². The first-order valence-corrected chi connectivity index (χ1v) is 7.19. The summed E-state index contributed by atoms with van der Waals surface area (Å²) in [6.07, 6.45) is 4.26. The molecule has 0 spiro atoms. The molecule has 2 saturated carbocycles. The molecule has 2 aliphatic carbocycles. The Balaban J connectivity index is 1.97.